The number of esters is 1. The van der Waals surface area contributed by atoms with Gasteiger partial charge in [-0.25, -0.2) is 9.59 Å². The SMILES string of the molecule is COC(=O)C(CCSC)NC(=O)Nc1ccc(Cl)c(Cl)c1. The summed E-state index contributed by atoms with van der Waals surface area (Å²) in [7, 11) is 1.28. The van der Waals surface area contributed by atoms with Crippen LogP contribution in [0.3, 0.4) is 0 Å². The van der Waals surface area contributed by atoms with E-state index >= 15 is 0 Å². The Morgan fingerprint density at radius 2 is 2.05 bits per heavy atom. The zero-order valence-electron chi connectivity index (χ0n) is 11.6. The number of carbonyl (C=O) groups excluding carboxylic acids is 2. The maximum Gasteiger partial charge on any atom is 0.328 e. The van der Waals surface area contributed by atoms with E-state index in [1.165, 1.54) is 13.2 Å². The molecular formula is C13H16Cl2N2O3S. The summed E-state index contributed by atoms with van der Waals surface area (Å²) in [5, 5.41) is 5.89. The Labute approximate surface area is 137 Å². The first-order chi connectivity index (χ1) is 9.97. The molecule has 1 atom stereocenters. The molecule has 5 nitrogen and oxygen atoms in total. The average molecular weight is 351 g/mol. The fourth-order valence-electron chi connectivity index (χ4n) is 1.53. The predicted octanol–water partition coefficient (Wildman–Crippen LogP) is 3.41. The summed E-state index contributed by atoms with van der Waals surface area (Å²) in [6.45, 7) is 0. The van der Waals surface area contributed by atoms with Gasteiger partial charge in [0.1, 0.15) is 6.04 Å². The standard InChI is InChI=1S/C13H16Cl2N2O3S/c1-20-12(18)11(5-6-21-2)17-13(19)16-8-3-4-9(14)10(15)7-8/h3-4,7,11H,5-6H2,1-2H3,(H2,16,17,19). The number of thioether (sulfide) groups is 1. The fourth-order valence-corrected chi connectivity index (χ4v) is 2.30. The number of nitrogens with one attached hydrogen (secondary N) is 2. The number of rotatable bonds is 6. The van der Waals surface area contributed by atoms with Crippen LogP contribution in [-0.4, -0.2) is 37.2 Å². The Balaban J connectivity index is 2.64. The number of hydrogen-bond donors (Lipinski definition) is 2. The highest BCUT2D eigenvalue weighted by atomic mass is 35.5. The van der Waals surface area contributed by atoms with Gasteiger partial charge in [0, 0.05) is 5.69 Å². The van der Waals surface area contributed by atoms with Gasteiger partial charge in [0.2, 0.25) is 0 Å². The molecule has 1 rings (SSSR count). The van der Waals surface area contributed by atoms with Gasteiger partial charge in [0.25, 0.3) is 0 Å². The Bertz CT molecular complexity index is 514. The van der Waals surface area contributed by atoms with E-state index in [9.17, 15) is 9.59 Å². The molecule has 0 aliphatic heterocycles. The van der Waals surface area contributed by atoms with Crippen LogP contribution in [0.1, 0.15) is 6.42 Å². The third-order valence-corrected chi connectivity index (χ3v) is 3.96. The van der Waals surface area contributed by atoms with Crippen molar-refractivity contribution in [3.8, 4) is 0 Å². The lowest BCUT2D eigenvalue weighted by atomic mass is 10.2. The fraction of sp³-hybridized carbons (Fsp3) is 0.385. The number of anilines is 1. The molecule has 21 heavy (non-hydrogen) atoms. The smallest absolute Gasteiger partial charge is 0.328 e. The Morgan fingerprint density at radius 3 is 2.62 bits per heavy atom. The van der Waals surface area contributed by atoms with Crippen LogP contribution in [0.4, 0.5) is 10.5 Å². The van der Waals surface area contributed by atoms with Crippen molar-refractivity contribution < 1.29 is 14.3 Å². The van der Waals surface area contributed by atoms with Gasteiger partial charge < -0.3 is 15.4 Å². The van der Waals surface area contributed by atoms with E-state index in [-0.39, 0.29) is 0 Å². The largest absolute Gasteiger partial charge is 0.467 e. The van der Waals surface area contributed by atoms with Crippen LogP contribution in [0.5, 0.6) is 0 Å². The van der Waals surface area contributed by atoms with Crippen molar-refractivity contribution in [1.29, 1.82) is 0 Å². The van der Waals surface area contributed by atoms with Crippen molar-refractivity contribution in [2.45, 2.75) is 12.5 Å². The monoisotopic (exact) mass is 350 g/mol. The van der Waals surface area contributed by atoms with E-state index in [1.807, 2.05) is 6.26 Å². The zero-order chi connectivity index (χ0) is 15.8. The van der Waals surface area contributed by atoms with Gasteiger partial charge in [-0.3, -0.25) is 0 Å². The maximum absolute atomic E-state index is 11.9. The van der Waals surface area contributed by atoms with Gasteiger partial charge in [-0.1, -0.05) is 23.2 Å². The number of urea groups is 1. The normalized spacial score (nSPS) is 11.6. The van der Waals surface area contributed by atoms with E-state index in [1.54, 1.807) is 23.9 Å². The summed E-state index contributed by atoms with van der Waals surface area (Å²) in [5.41, 5.74) is 0.482. The summed E-state index contributed by atoms with van der Waals surface area (Å²) < 4.78 is 4.67. The van der Waals surface area contributed by atoms with Crippen LogP contribution in [0.2, 0.25) is 10.0 Å². The highest BCUT2D eigenvalue weighted by Gasteiger charge is 2.21. The molecule has 1 aromatic rings. The molecule has 2 amide bonds. The summed E-state index contributed by atoms with van der Waals surface area (Å²) in [6.07, 6.45) is 2.41. The van der Waals surface area contributed by atoms with Gasteiger partial charge in [0.05, 0.1) is 17.2 Å². The number of carbonyl (C=O) groups is 2. The lowest BCUT2D eigenvalue weighted by Gasteiger charge is -2.16. The van der Waals surface area contributed by atoms with E-state index in [2.05, 4.69) is 15.4 Å². The van der Waals surface area contributed by atoms with E-state index in [0.29, 0.717) is 22.2 Å². The first-order valence-electron chi connectivity index (χ1n) is 6.07. The molecule has 2 N–H and O–H groups in total. The second-order valence-electron chi connectivity index (χ2n) is 4.08. The van der Waals surface area contributed by atoms with E-state index in [0.717, 1.165) is 5.75 Å². The number of hydrogen-bond acceptors (Lipinski definition) is 4. The van der Waals surface area contributed by atoms with Gasteiger partial charge in [0.15, 0.2) is 0 Å². The predicted molar refractivity (Wildman–Crippen MR) is 87.4 cm³/mol. The third-order valence-electron chi connectivity index (χ3n) is 2.58. The Morgan fingerprint density at radius 1 is 1.33 bits per heavy atom. The minimum atomic E-state index is -0.690. The minimum Gasteiger partial charge on any atom is -0.467 e. The highest BCUT2D eigenvalue weighted by Crippen LogP contribution is 2.24. The first kappa shape index (κ1) is 17.9. The molecule has 116 valence electrons. The molecular weight excluding hydrogens is 335 g/mol. The van der Waals surface area contributed by atoms with Crippen molar-refractivity contribution in [1.82, 2.24) is 5.32 Å². The topological polar surface area (TPSA) is 67.4 Å². The summed E-state index contributed by atoms with van der Waals surface area (Å²) >= 11 is 13.2. The van der Waals surface area contributed by atoms with Crippen LogP contribution < -0.4 is 10.6 Å². The van der Waals surface area contributed by atoms with Crippen molar-refractivity contribution >= 4 is 52.7 Å². The van der Waals surface area contributed by atoms with Gasteiger partial charge in [-0.05, 0) is 36.6 Å². The molecule has 0 aliphatic carbocycles. The lowest BCUT2D eigenvalue weighted by molar-refractivity contribution is -0.142. The minimum absolute atomic E-state index is 0.335. The number of benzene rings is 1. The summed E-state index contributed by atoms with van der Waals surface area (Å²) in [4.78, 5) is 23.5. The van der Waals surface area contributed by atoms with Gasteiger partial charge >= 0.3 is 12.0 Å². The number of halogens is 2. The van der Waals surface area contributed by atoms with E-state index < -0.39 is 18.0 Å². The first-order valence-corrected chi connectivity index (χ1v) is 8.22. The van der Waals surface area contributed by atoms with Crippen LogP contribution in [0.15, 0.2) is 18.2 Å². The highest BCUT2D eigenvalue weighted by molar-refractivity contribution is 7.98. The molecule has 0 fully saturated rings. The molecule has 0 aromatic heterocycles. The second kappa shape index (κ2) is 9.02. The molecule has 0 bridgehead atoms. The number of amides is 2. The second-order valence-corrected chi connectivity index (χ2v) is 5.88. The molecule has 8 heteroatoms. The van der Waals surface area contributed by atoms with Gasteiger partial charge in [-0.2, -0.15) is 11.8 Å². The third kappa shape index (κ3) is 6.03. The van der Waals surface area contributed by atoms with Crippen molar-refractivity contribution in [3.63, 3.8) is 0 Å². The molecule has 0 aliphatic rings. The summed E-state index contributed by atoms with van der Waals surface area (Å²) in [5.74, 6) is 0.251. The van der Waals surface area contributed by atoms with Crippen LogP contribution in [0, 0.1) is 0 Å². The van der Waals surface area contributed by atoms with Crippen molar-refractivity contribution in [2.24, 2.45) is 0 Å². The maximum atomic E-state index is 11.9. The zero-order valence-corrected chi connectivity index (χ0v) is 13.9. The van der Waals surface area contributed by atoms with E-state index in [4.69, 9.17) is 23.2 Å². The number of methoxy groups -OCH3 is 1. The van der Waals surface area contributed by atoms with Crippen molar-refractivity contribution in [2.75, 3.05) is 24.4 Å². The molecule has 1 aromatic carbocycles. The summed E-state index contributed by atoms with van der Waals surface area (Å²) in [6, 6.07) is 3.52. The van der Waals surface area contributed by atoms with Crippen LogP contribution >= 0.6 is 35.0 Å². The molecule has 0 heterocycles. The average Bonchev–Trinajstić information content (AvgIpc) is 2.46. The Hall–Kier alpha value is -1.11. The van der Waals surface area contributed by atoms with Crippen LogP contribution in [-0.2, 0) is 9.53 Å². The number of ether oxygens (including phenoxy) is 1. The molecule has 0 radical (unpaired) electrons. The molecule has 0 saturated carbocycles. The molecule has 1 unspecified atom stereocenters. The molecule has 0 saturated heterocycles. The quantitative estimate of drug-likeness (QED) is 0.771. The van der Waals surface area contributed by atoms with Crippen molar-refractivity contribution in [3.05, 3.63) is 28.2 Å². The van der Waals surface area contributed by atoms with Crippen LogP contribution in [0.25, 0.3) is 0 Å². The molecule has 0 spiro atoms. The lowest BCUT2D eigenvalue weighted by Crippen LogP contribution is -2.44. The van der Waals surface area contributed by atoms with Gasteiger partial charge in [-0.15, -0.1) is 0 Å². The Kier molecular flexibility index (Phi) is 7.71.